The van der Waals surface area contributed by atoms with Crippen LogP contribution in [-0.2, 0) is 10.1 Å². The number of halogens is 5. The van der Waals surface area contributed by atoms with Crippen LogP contribution in [0.15, 0.2) is 42.5 Å². The lowest BCUT2D eigenvalue weighted by Crippen LogP contribution is -2.40. The second kappa shape index (κ2) is 12.0. The van der Waals surface area contributed by atoms with Gasteiger partial charge < -0.3 is 14.6 Å². The van der Waals surface area contributed by atoms with E-state index in [0.717, 1.165) is 12.8 Å². The molecule has 4 rings (SSSR count). The van der Waals surface area contributed by atoms with Gasteiger partial charge in [0.05, 0.1) is 34.7 Å². The molecule has 0 radical (unpaired) electrons. The lowest BCUT2D eigenvalue weighted by Gasteiger charge is -2.26. The van der Waals surface area contributed by atoms with Crippen LogP contribution in [0.25, 0.3) is 16.9 Å². The van der Waals surface area contributed by atoms with E-state index in [1.807, 2.05) is 0 Å². The molecule has 1 aliphatic rings. The molecule has 0 bridgehead atoms. The van der Waals surface area contributed by atoms with E-state index in [9.17, 15) is 31.5 Å². The van der Waals surface area contributed by atoms with E-state index < -0.39 is 40.5 Å². The Hall–Kier alpha value is -2.80. The molecule has 0 saturated heterocycles. The van der Waals surface area contributed by atoms with Crippen molar-refractivity contribution in [3.05, 3.63) is 63.8 Å². The smallest absolute Gasteiger partial charge is 0.390 e. The lowest BCUT2D eigenvalue weighted by atomic mass is 9.93. The number of carbonyl (C=O) groups is 1. The standard InChI is InChI=1S/C26H26Cl2F3N3O5S/c1-15-23(25(36)32-18-3-2-4-19(35)14-18)33-34(22-10-7-17(27)13-21(22)28)24(15)16-5-8-20(9-6-16)39-40(37,38)12-11-26(29,30)31/h5-10,13,18-19,35H,2-4,11-12,14H2,1H3,(H,32,36)/t18-,19-/m0/s1. The highest BCUT2D eigenvalue weighted by atomic mass is 35.5. The SMILES string of the molecule is Cc1c(C(=O)N[C@H]2CCC[C@H](O)C2)nn(-c2ccc(Cl)cc2Cl)c1-c1ccc(OS(=O)(=O)CCC(F)(F)F)cc1. The van der Waals surface area contributed by atoms with E-state index >= 15 is 0 Å². The van der Waals surface area contributed by atoms with Gasteiger partial charge in [-0.25, -0.2) is 4.68 Å². The number of aliphatic hydroxyl groups excluding tert-OH is 1. The number of nitrogens with one attached hydrogen (secondary N) is 1. The molecule has 0 spiro atoms. The van der Waals surface area contributed by atoms with Crippen LogP contribution in [0, 0.1) is 6.92 Å². The summed E-state index contributed by atoms with van der Waals surface area (Å²) < 4.78 is 67.7. The molecule has 2 atom stereocenters. The molecule has 3 aromatic rings. The first-order valence-electron chi connectivity index (χ1n) is 12.4. The normalized spacial score (nSPS) is 18.0. The summed E-state index contributed by atoms with van der Waals surface area (Å²) in [5.41, 5.74) is 2.00. The van der Waals surface area contributed by atoms with Crippen molar-refractivity contribution in [2.45, 2.75) is 57.3 Å². The van der Waals surface area contributed by atoms with Gasteiger partial charge in [0.1, 0.15) is 5.75 Å². The number of aliphatic hydroxyl groups is 1. The quantitative estimate of drug-likeness (QED) is 0.306. The predicted molar refractivity (Wildman–Crippen MR) is 145 cm³/mol. The number of hydrogen-bond donors (Lipinski definition) is 2. The van der Waals surface area contributed by atoms with Gasteiger partial charge in [-0.05, 0) is 75.1 Å². The largest absolute Gasteiger partial charge is 0.393 e. The van der Waals surface area contributed by atoms with Gasteiger partial charge in [0, 0.05) is 22.2 Å². The molecule has 8 nitrogen and oxygen atoms in total. The van der Waals surface area contributed by atoms with Crippen LogP contribution in [0.1, 0.15) is 48.2 Å². The molecule has 1 fully saturated rings. The fraction of sp³-hybridized carbons (Fsp3) is 0.385. The molecule has 1 amide bonds. The Morgan fingerprint density at radius 1 is 1.18 bits per heavy atom. The Labute approximate surface area is 239 Å². The third kappa shape index (κ3) is 7.48. The average Bonchev–Trinajstić information content (AvgIpc) is 3.19. The first kappa shape index (κ1) is 30.2. The Bertz CT molecular complexity index is 1490. The van der Waals surface area contributed by atoms with Crippen molar-refractivity contribution in [3.8, 4) is 22.7 Å². The van der Waals surface area contributed by atoms with Crippen LogP contribution in [0.3, 0.4) is 0 Å². The number of rotatable bonds is 8. The van der Waals surface area contributed by atoms with Crippen molar-refractivity contribution in [1.29, 1.82) is 0 Å². The minimum Gasteiger partial charge on any atom is -0.393 e. The molecule has 2 N–H and O–H groups in total. The Morgan fingerprint density at radius 3 is 2.50 bits per heavy atom. The summed E-state index contributed by atoms with van der Waals surface area (Å²) >= 11 is 12.5. The number of aromatic nitrogens is 2. The van der Waals surface area contributed by atoms with Crippen molar-refractivity contribution in [2.75, 3.05) is 5.75 Å². The topological polar surface area (TPSA) is 111 Å². The maximum Gasteiger partial charge on any atom is 0.390 e. The van der Waals surface area contributed by atoms with Crippen LogP contribution >= 0.6 is 23.2 Å². The zero-order valence-corrected chi connectivity index (χ0v) is 23.5. The summed E-state index contributed by atoms with van der Waals surface area (Å²) in [6.07, 6.45) is -4.02. The lowest BCUT2D eigenvalue weighted by molar-refractivity contribution is -0.130. The third-order valence-electron chi connectivity index (χ3n) is 6.44. The van der Waals surface area contributed by atoms with E-state index in [4.69, 9.17) is 27.4 Å². The van der Waals surface area contributed by atoms with Crippen LogP contribution < -0.4 is 9.50 Å². The summed E-state index contributed by atoms with van der Waals surface area (Å²) in [6, 6.07) is 10.1. The van der Waals surface area contributed by atoms with E-state index in [1.54, 1.807) is 19.1 Å². The zero-order valence-electron chi connectivity index (χ0n) is 21.2. The van der Waals surface area contributed by atoms with Crippen molar-refractivity contribution >= 4 is 39.2 Å². The van der Waals surface area contributed by atoms with Gasteiger partial charge in [-0.15, -0.1) is 0 Å². The average molecular weight is 620 g/mol. The predicted octanol–water partition coefficient (Wildman–Crippen LogP) is 5.85. The molecule has 0 unspecified atom stereocenters. The molecule has 40 heavy (non-hydrogen) atoms. The molecule has 1 heterocycles. The van der Waals surface area contributed by atoms with Crippen molar-refractivity contribution in [3.63, 3.8) is 0 Å². The van der Waals surface area contributed by atoms with Crippen molar-refractivity contribution in [1.82, 2.24) is 15.1 Å². The monoisotopic (exact) mass is 619 g/mol. The second-order valence-corrected chi connectivity index (χ2v) is 12.1. The van der Waals surface area contributed by atoms with Crippen LogP contribution in [0.2, 0.25) is 10.0 Å². The van der Waals surface area contributed by atoms with Crippen molar-refractivity contribution < 1.29 is 35.7 Å². The molecule has 2 aromatic carbocycles. The molecular formula is C26H26Cl2F3N3O5S. The number of hydrogen-bond acceptors (Lipinski definition) is 6. The second-order valence-electron chi connectivity index (χ2n) is 9.56. The van der Waals surface area contributed by atoms with Gasteiger partial charge in [-0.1, -0.05) is 23.2 Å². The molecule has 14 heteroatoms. The van der Waals surface area contributed by atoms with Crippen LogP contribution in [0.4, 0.5) is 13.2 Å². The van der Waals surface area contributed by atoms with Crippen molar-refractivity contribution in [2.24, 2.45) is 0 Å². The van der Waals surface area contributed by atoms with E-state index in [-0.39, 0.29) is 22.5 Å². The third-order valence-corrected chi connectivity index (χ3v) is 8.13. The number of amides is 1. The fourth-order valence-corrected chi connectivity index (χ4v) is 5.98. The Morgan fingerprint density at radius 2 is 1.88 bits per heavy atom. The van der Waals surface area contributed by atoms with Gasteiger partial charge in [0.25, 0.3) is 5.91 Å². The molecule has 1 saturated carbocycles. The fourth-order valence-electron chi connectivity index (χ4n) is 4.52. The first-order chi connectivity index (χ1) is 18.7. The number of nitrogens with zero attached hydrogens (tertiary/aromatic N) is 2. The summed E-state index contributed by atoms with van der Waals surface area (Å²) in [4.78, 5) is 13.3. The molecule has 1 aromatic heterocycles. The van der Waals surface area contributed by atoms with Gasteiger partial charge in [0.2, 0.25) is 0 Å². The van der Waals surface area contributed by atoms with Gasteiger partial charge in [0.15, 0.2) is 5.69 Å². The molecule has 0 aliphatic heterocycles. The number of benzene rings is 2. The maximum absolute atomic E-state index is 13.3. The van der Waals surface area contributed by atoms with E-state index in [1.165, 1.54) is 35.0 Å². The zero-order chi connectivity index (χ0) is 29.2. The first-order valence-corrected chi connectivity index (χ1v) is 14.7. The van der Waals surface area contributed by atoms with Crippen LogP contribution in [0.5, 0.6) is 5.75 Å². The maximum atomic E-state index is 13.3. The summed E-state index contributed by atoms with van der Waals surface area (Å²) in [5, 5.41) is 18.1. The minimum absolute atomic E-state index is 0.121. The molecule has 216 valence electrons. The molecule has 1 aliphatic carbocycles. The highest BCUT2D eigenvalue weighted by Gasteiger charge is 2.31. The van der Waals surface area contributed by atoms with Gasteiger partial charge >= 0.3 is 16.3 Å². The number of carbonyl (C=O) groups excluding carboxylic acids is 1. The summed E-state index contributed by atoms with van der Waals surface area (Å²) in [5.74, 6) is -1.82. The van der Waals surface area contributed by atoms with E-state index in [0.29, 0.717) is 40.4 Å². The van der Waals surface area contributed by atoms with Gasteiger partial charge in [-0.3, -0.25) is 4.79 Å². The minimum atomic E-state index is -4.64. The van der Waals surface area contributed by atoms with Crippen LogP contribution in [-0.4, -0.2) is 53.3 Å². The Balaban J connectivity index is 1.68. The highest BCUT2D eigenvalue weighted by molar-refractivity contribution is 7.87. The molecular weight excluding hydrogens is 594 g/mol. The summed E-state index contributed by atoms with van der Waals surface area (Å²) in [6.45, 7) is 1.69. The highest BCUT2D eigenvalue weighted by Crippen LogP contribution is 2.34. The Kier molecular flexibility index (Phi) is 9.03. The number of alkyl halides is 3. The van der Waals surface area contributed by atoms with Gasteiger partial charge in [-0.2, -0.15) is 26.7 Å². The van der Waals surface area contributed by atoms with E-state index in [2.05, 4.69) is 10.4 Å². The summed E-state index contributed by atoms with van der Waals surface area (Å²) in [7, 11) is -4.48.